The lowest BCUT2D eigenvalue weighted by molar-refractivity contribution is 0.0594. The lowest BCUT2D eigenvalue weighted by Gasteiger charge is -2.03. The minimum absolute atomic E-state index is 0.254. The van der Waals surface area contributed by atoms with Crippen LogP contribution in [0.2, 0.25) is 0 Å². The Morgan fingerprint density at radius 1 is 1.08 bits per heavy atom. The molecule has 0 atom stereocenters. The molecule has 0 saturated carbocycles. The molecular formula is C8H18O3S. The molecule has 0 radical (unpaired) electrons. The summed E-state index contributed by atoms with van der Waals surface area (Å²) in [6, 6.07) is 0. The van der Waals surface area contributed by atoms with Gasteiger partial charge in [0, 0.05) is 18.1 Å². The molecule has 0 aliphatic rings. The zero-order valence-corrected chi connectivity index (χ0v) is 8.44. The fourth-order valence-electron chi connectivity index (χ4n) is 0.649. The lowest BCUT2D eigenvalue weighted by Crippen LogP contribution is -2.06. The number of ether oxygens (including phenoxy) is 2. The SMILES string of the molecule is CCOCCOCCSCCO. The second kappa shape index (κ2) is 11.2. The van der Waals surface area contributed by atoms with E-state index in [0.717, 1.165) is 24.7 Å². The molecule has 0 heterocycles. The zero-order valence-electron chi connectivity index (χ0n) is 7.62. The molecule has 0 aromatic heterocycles. The van der Waals surface area contributed by atoms with Crippen molar-refractivity contribution in [2.75, 3.05) is 44.5 Å². The van der Waals surface area contributed by atoms with E-state index < -0.39 is 0 Å². The summed E-state index contributed by atoms with van der Waals surface area (Å²) in [5, 5.41) is 8.46. The van der Waals surface area contributed by atoms with E-state index in [1.54, 1.807) is 11.8 Å². The maximum atomic E-state index is 8.46. The van der Waals surface area contributed by atoms with E-state index in [1.807, 2.05) is 6.92 Å². The lowest BCUT2D eigenvalue weighted by atomic mass is 10.7. The van der Waals surface area contributed by atoms with Gasteiger partial charge in [-0.05, 0) is 6.92 Å². The number of hydrogen-bond acceptors (Lipinski definition) is 4. The maximum absolute atomic E-state index is 8.46. The number of hydrogen-bond donors (Lipinski definition) is 1. The van der Waals surface area contributed by atoms with Gasteiger partial charge in [-0.2, -0.15) is 11.8 Å². The molecule has 0 bridgehead atoms. The van der Waals surface area contributed by atoms with Gasteiger partial charge in [0.1, 0.15) is 0 Å². The van der Waals surface area contributed by atoms with Gasteiger partial charge in [0.2, 0.25) is 0 Å². The van der Waals surface area contributed by atoms with Gasteiger partial charge in [-0.1, -0.05) is 0 Å². The van der Waals surface area contributed by atoms with Crippen molar-refractivity contribution in [3.63, 3.8) is 0 Å². The molecule has 0 saturated heterocycles. The normalized spacial score (nSPS) is 10.5. The Balaban J connectivity index is 2.73. The largest absolute Gasteiger partial charge is 0.396 e. The molecule has 4 heteroatoms. The van der Waals surface area contributed by atoms with E-state index >= 15 is 0 Å². The first kappa shape index (κ1) is 12.2. The molecule has 1 N–H and O–H groups in total. The Labute approximate surface area is 78.4 Å². The van der Waals surface area contributed by atoms with Crippen molar-refractivity contribution >= 4 is 11.8 Å². The second-order valence-electron chi connectivity index (χ2n) is 2.15. The minimum atomic E-state index is 0.254. The van der Waals surface area contributed by atoms with Crippen LogP contribution in [0, 0.1) is 0 Å². The Kier molecular flexibility index (Phi) is 11.4. The Morgan fingerprint density at radius 3 is 2.50 bits per heavy atom. The highest BCUT2D eigenvalue weighted by Gasteiger charge is 1.89. The highest BCUT2D eigenvalue weighted by molar-refractivity contribution is 7.99. The summed E-state index contributed by atoms with van der Waals surface area (Å²) in [7, 11) is 0. The van der Waals surface area contributed by atoms with Gasteiger partial charge >= 0.3 is 0 Å². The van der Waals surface area contributed by atoms with Crippen molar-refractivity contribution in [3.05, 3.63) is 0 Å². The van der Waals surface area contributed by atoms with Crippen molar-refractivity contribution < 1.29 is 14.6 Å². The molecule has 12 heavy (non-hydrogen) atoms. The predicted octanol–water partition coefficient (Wildman–Crippen LogP) is 0.765. The van der Waals surface area contributed by atoms with Gasteiger partial charge in [0.05, 0.1) is 26.4 Å². The first-order chi connectivity index (χ1) is 5.91. The number of rotatable bonds is 9. The quantitative estimate of drug-likeness (QED) is 0.550. The van der Waals surface area contributed by atoms with Gasteiger partial charge in [-0.3, -0.25) is 0 Å². The monoisotopic (exact) mass is 194 g/mol. The fourth-order valence-corrected chi connectivity index (χ4v) is 1.22. The van der Waals surface area contributed by atoms with E-state index in [9.17, 15) is 0 Å². The van der Waals surface area contributed by atoms with E-state index in [1.165, 1.54) is 0 Å². The molecular weight excluding hydrogens is 176 g/mol. The molecule has 0 aromatic carbocycles. The molecule has 0 rings (SSSR count). The average molecular weight is 194 g/mol. The summed E-state index contributed by atoms with van der Waals surface area (Å²) in [6.45, 7) is 5.08. The third-order valence-corrected chi connectivity index (χ3v) is 2.11. The van der Waals surface area contributed by atoms with Crippen LogP contribution >= 0.6 is 11.8 Å². The van der Waals surface area contributed by atoms with Gasteiger partial charge in [-0.15, -0.1) is 0 Å². The van der Waals surface area contributed by atoms with E-state index in [4.69, 9.17) is 14.6 Å². The highest BCUT2D eigenvalue weighted by Crippen LogP contribution is 1.97. The first-order valence-electron chi connectivity index (χ1n) is 4.26. The molecule has 3 nitrogen and oxygen atoms in total. The van der Waals surface area contributed by atoms with Crippen LogP contribution in [-0.4, -0.2) is 49.6 Å². The van der Waals surface area contributed by atoms with Crippen LogP contribution in [0.15, 0.2) is 0 Å². The first-order valence-corrected chi connectivity index (χ1v) is 5.41. The number of aliphatic hydroxyl groups is 1. The van der Waals surface area contributed by atoms with Crippen LogP contribution in [0.4, 0.5) is 0 Å². The zero-order chi connectivity index (χ0) is 9.07. The van der Waals surface area contributed by atoms with Gasteiger partial charge in [-0.25, -0.2) is 0 Å². The van der Waals surface area contributed by atoms with Crippen molar-refractivity contribution in [1.82, 2.24) is 0 Å². The van der Waals surface area contributed by atoms with E-state index in [-0.39, 0.29) is 6.61 Å². The Morgan fingerprint density at radius 2 is 1.83 bits per heavy atom. The van der Waals surface area contributed by atoms with E-state index in [2.05, 4.69) is 0 Å². The van der Waals surface area contributed by atoms with Crippen molar-refractivity contribution in [1.29, 1.82) is 0 Å². The Bertz CT molecular complexity index is 70.7. The van der Waals surface area contributed by atoms with Crippen LogP contribution in [0.1, 0.15) is 6.92 Å². The topological polar surface area (TPSA) is 38.7 Å². The minimum Gasteiger partial charge on any atom is -0.396 e. The molecule has 0 unspecified atom stereocenters. The average Bonchev–Trinajstić information content (AvgIpc) is 2.10. The standard InChI is InChI=1S/C8H18O3S/c1-2-10-4-5-11-6-8-12-7-3-9/h9H,2-8H2,1H3. The number of thioether (sulfide) groups is 1. The third-order valence-electron chi connectivity index (χ3n) is 1.18. The van der Waals surface area contributed by atoms with Gasteiger partial charge < -0.3 is 14.6 Å². The van der Waals surface area contributed by atoms with Crippen molar-refractivity contribution in [2.45, 2.75) is 6.92 Å². The summed E-state index contributed by atoms with van der Waals surface area (Å²) in [5.74, 6) is 1.75. The molecule has 0 fully saturated rings. The second-order valence-corrected chi connectivity index (χ2v) is 3.37. The van der Waals surface area contributed by atoms with Crippen LogP contribution in [0.25, 0.3) is 0 Å². The van der Waals surface area contributed by atoms with Gasteiger partial charge in [0.25, 0.3) is 0 Å². The highest BCUT2D eigenvalue weighted by atomic mass is 32.2. The molecule has 0 amide bonds. The molecule has 74 valence electrons. The van der Waals surface area contributed by atoms with Crippen LogP contribution < -0.4 is 0 Å². The molecule has 0 aromatic rings. The van der Waals surface area contributed by atoms with Gasteiger partial charge in [0.15, 0.2) is 0 Å². The van der Waals surface area contributed by atoms with Crippen LogP contribution in [0.5, 0.6) is 0 Å². The predicted molar refractivity (Wildman–Crippen MR) is 51.7 cm³/mol. The van der Waals surface area contributed by atoms with Crippen molar-refractivity contribution in [2.24, 2.45) is 0 Å². The summed E-state index contributed by atoms with van der Waals surface area (Å²) >= 11 is 1.70. The molecule has 0 aliphatic heterocycles. The summed E-state index contributed by atoms with van der Waals surface area (Å²) in [5.41, 5.74) is 0. The summed E-state index contributed by atoms with van der Waals surface area (Å²) in [6.07, 6.45) is 0. The van der Waals surface area contributed by atoms with Crippen LogP contribution in [-0.2, 0) is 9.47 Å². The van der Waals surface area contributed by atoms with Crippen molar-refractivity contribution in [3.8, 4) is 0 Å². The summed E-state index contributed by atoms with van der Waals surface area (Å²) in [4.78, 5) is 0. The Hall–Kier alpha value is 0.230. The maximum Gasteiger partial charge on any atom is 0.0700 e. The smallest absolute Gasteiger partial charge is 0.0700 e. The summed E-state index contributed by atoms with van der Waals surface area (Å²) < 4.78 is 10.3. The number of aliphatic hydroxyl groups excluding tert-OH is 1. The third kappa shape index (κ3) is 10.2. The van der Waals surface area contributed by atoms with Crippen LogP contribution in [0.3, 0.4) is 0 Å². The molecule has 0 aliphatic carbocycles. The van der Waals surface area contributed by atoms with E-state index in [0.29, 0.717) is 13.2 Å². The fraction of sp³-hybridized carbons (Fsp3) is 1.00. The molecule has 0 spiro atoms.